The second kappa shape index (κ2) is 6.14. The Hall–Kier alpha value is -2.17. The Balaban J connectivity index is 1.58. The van der Waals surface area contributed by atoms with Gasteiger partial charge in [0.25, 0.3) is 0 Å². The van der Waals surface area contributed by atoms with Crippen molar-refractivity contribution < 1.29 is 4.79 Å². The first-order valence-electron chi connectivity index (χ1n) is 8.58. The smallest absolute Gasteiger partial charge is 0.223 e. The number of hydrogen-bond acceptors (Lipinski definition) is 3. The number of nitrogens with one attached hydrogen (secondary N) is 1. The number of carbonyl (C=O) groups excluding carboxylic acids is 1. The molecule has 2 aliphatic rings. The summed E-state index contributed by atoms with van der Waals surface area (Å²) in [5.74, 6) is 0.414. The van der Waals surface area contributed by atoms with E-state index in [1.807, 2.05) is 24.5 Å². The van der Waals surface area contributed by atoms with Crippen LogP contribution in [0.15, 0.2) is 30.6 Å². The number of carbonyl (C=O) groups is 1. The van der Waals surface area contributed by atoms with E-state index >= 15 is 0 Å². The van der Waals surface area contributed by atoms with Crippen molar-refractivity contribution in [3.05, 3.63) is 36.3 Å². The molecule has 2 aromatic heterocycles. The molecule has 2 heterocycles. The van der Waals surface area contributed by atoms with Gasteiger partial charge in [0.2, 0.25) is 5.91 Å². The van der Waals surface area contributed by atoms with Crippen LogP contribution in [0, 0.1) is 5.92 Å². The lowest BCUT2D eigenvalue weighted by molar-refractivity contribution is -0.122. The molecule has 0 bridgehead atoms. The Labute approximate surface area is 136 Å². The maximum absolute atomic E-state index is 11.8. The Morgan fingerprint density at radius 3 is 2.61 bits per heavy atom. The van der Waals surface area contributed by atoms with Crippen LogP contribution < -0.4 is 5.32 Å². The van der Waals surface area contributed by atoms with Crippen molar-refractivity contribution >= 4 is 5.91 Å². The molecule has 2 fully saturated rings. The molecule has 120 valence electrons. The van der Waals surface area contributed by atoms with Gasteiger partial charge in [0.15, 0.2) is 0 Å². The molecular weight excluding hydrogens is 288 g/mol. The van der Waals surface area contributed by atoms with E-state index in [1.165, 1.54) is 25.7 Å². The van der Waals surface area contributed by atoms with E-state index in [0.29, 0.717) is 12.6 Å². The monoisotopic (exact) mass is 310 g/mol. The summed E-state index contributed by atoms with van der Waals surface area (Å²) >= 11 is 0. The highest BCUT2D eigenvalue weighted by Gasteiger charge is 2.29. The summed E-state index contributed by atoms with van der Waals surface area (Å²) < 4.78 is 2.17. The molecule has 4 rings (SSSR count). The summed E-state index contributed by atoms with van der Waals surface area (Å²) in [5.41, 5.74) is 3.21. The molecule has 0 atom stereocenters. The molecule has 0 aromatic carbocycles. The van der Waals surface area contributed by atoms with Gasteiger partial charge in [-0.05, 0) is 43.9 Å². The molecule has 0 unspecified atom stereocenters. The SMILES string of the molecule is O=C(NCc1cc(-c2ccncc2)n(C2CCCC2)n1)C1CC1. The van der Waals surface area contributed by atoms with Crippen LogP contribution in [0.25, 0.3) is 11.3 Å². The van der Waals surface area contributed by atoms with Crippen molar-refractivity contribution in [3.63, 3.8) is 0 Å². The third-order valence-electron chi connectivity index (χ3n) is 4.82. The zero-order valence-corrected chi connectivity index (χ0v) is 13.2. The van der Waals surface area contributed by atoms with Crippen molar-refractivity contribution in [2.24, 2.45) is 5.92 Å². The summed E-state index contributed by atoms with van der Waals surface area (Å²) in [5, 5.41) is 7.82. The van der Waals surface area contributed by atoms with Crippen LogP contribution in [-0.4, -0.2) is 20.7 Å². The summed E-state index contributed by atoms with van der Waals surface area (Å²) in [7, 11) is 0. The molecule has 0 aliphatic heterocycles. The van der Waals surface area contributed by atoms with E-state index in [-0.39, 0.29) is 11.8 Å². The standard InChI is InChI=1S/C18H22N4O/c23-18(14-5-6-14)20-12-15-11-17(13-7-9-19-10-8-13)22(21-15)16-3-1-2-4-16/h7-11,14,16H,1-6,12H2,(H,20,23). The molecule has 2 aliphatic carbocycles. The molecule has 2 aromatic rings. The Morgan fingerprint density at radius 1 is 1.17 bits per heavy atom. The van der Waals surface area contributed by atoms with Crippen LogP contribution in [0.3, 0.4) is 0 Å². The lowest BCUT2D eigenvalue weighted by atomic mass is 10.1. The molecule has 2 saturated carbocycles. The first-order valence-corrected chi connectivity index (χ1v) is 8.58. The van der Waals surface area contributed by atoms with E-state index in [1.54, 1.807) is 0 Å². The summed E-state index contributed by atoms with van der Waals surface area (Å²) in [4.78, 5) is 15.9. The molecule has 1 amide bonds. The van der Waals surface area contributed by atoms with Gasteiger partial charge in [-0.25, -0.2) is 0 Å². The molecule has 5 heteroatoms. The normalized spacial score (nSPS) is 18.3. The van der Waals surface area contributed by atoms with Gasteiger partial charge in [0.05, 0.1) is 24.0 Å². The van der Waals surface area contributed by atoms with Gasteiger partial charge in [0, 0.05) is 23.9 Å². The zero-order chi connectivity index (χ0) is 15.6. The minimum absolute atomic E-state index is 0.172. The average Bonchev–Trinajstić information content (AvgIpc) is 3.13. The van der Waals surface area contributed by atoms with E-state index in [9.17, 15) is 4.79 Å². The lowest BCUT2D eigenvalue weighted by Crippen LogP contribution is -2.24. The molecule has 23 heavy (non-hydrogen) atoms. The lowest BCUT2D eigenvalue weighted by Gasteiger charge is -2.14. The van der Waals surface area contributed by atoms with E-state index in [2.05, 4.69) is 21.0 Å². The first kappa shape index (κ1) is 14.4. The van der Waals surface area contributed by atoms with Crippen LogP contribution in [0.5, 0.6) is 0 Å². The Morgan fingerprint density at radius 2 is 1.91 bits per heavy atom. The highest BCUT2D eigenvalue weighted by molar-refractivity contribution is 5.80. The molecular formula is C18H22N4O. The fraction of sp³-hybridized carbons (Fsp3) is 0.500. The van der Waals surface area contributed by atoms with Crippen LogP contribution in [-0.2, 0) is 11.3 Å². The number of pyridine rings is 1. The number of rotatable bonds is 5. The minimum Gasteiger partial charge on any atom is -0.350 e. The van der Waals surface area contributed by atoms with Crippen LogP contribution in [0.4, 0.5) is 0 Å². The molecule has 5 nitrogen and oxygen atoms in total. The fourth-order valence-electron chi connectivity index (χ4n) is 3.36. The highest BCUT2D eigenvalue weighted by Crippen LogP contribution is 2.33. The van der Waals surface area contributed by atoms with Crippen molar-refractivity contribution in [2.75, 3.05) is 0 Å². The third-order valence-corrected chi connectivity index (χ3v) is 4.82. The van der Waals surface area contributed by atoms with Gasteiger partial charge >= 0.3 is 0 Å². The van der Waals surface area contributed by atoms with Crippen LogP contribution in [0.2, 0.25) is 0 Å². The molecule has 0 spiro atoms. The minimum atomic E-state index is 0.172. The van der Waals surface area contributed by atoms with Gasteiger partial charge in [-0.2, -0.15) is 5.10 Å². The fourth-order valence-corrected chi connectivity index (χ4v) is 3.36. The van der Waals surface area contributed by atoms with Crippen LogP contribution >= 0.6 is 0 Å². The predicted molar refractivity (Wildman–Crippen MR) is 87.5 cm³/mol. The second-order valence-corrected chi connectivity index (χ2v) is 6.63. The van der Waals surface area contributed by atoms with Gasteiger partial charge in [-0.15, -0.1) is 0 Å². The van der Waals surface area contributed by atoms with Crippen molar-refractivity contribution in [2.45, 2.75) is 51.1 Å². The quantitative estimate of drug-likeness (QED) is 0.923. The van der Waals surface area contributed by atoms with Gasteiger partial charge in [0.1, 0.15) is 0 Å². The third kappa shape index (κ3) is 3.14. The van der Waals surface area contributed by atoms with Crippen molar-refractivity contribution in [1.29, 1.82) is 0 Å². The second-order valence-electron chi connectivity index (χ2n) is 6.63. The number of aromatic nitrogens is 3. The average molecular weight is 310 g/mol. The number of nitrogens with zero attached hydrogens (tertiary/aromatic N) is 3. The topological polar surface area (TPSA) is 59.8 Å². The van der Waals surface area contributed by atoms with E-state index in [4.69, 9.17) is 5.10 Å². The Bertz CT molecular complexity index is 684. The summed E-state index contributed by atoms with van der Waals surface area (Å²) in [6.07, 6.45) is 10.6. The molecule has 0 saturated heterocycles. The van der Waals surface area contributed by atoms with Crippen molar-refractivity contribution in [3.8, 4) is 11.3 Å². The predicted octanol–water partition coefficient (Wildman–Crippen LogP) is 3.09. The zero-order valence-electron chi connectivity index (χ0n) is 13.2. The van der Waals surface area contributed by atoms with Crippen molar-refractivity contribution in [1.82, 2.24) is 20.1 Å². The number of amides is 1. The van der Waals surface area contributed by atoms with Gasteiger partial charge < -0.3 is 5.32 Å². The Kier molecular flexibility index (Phi) is 3.85. The molecule has 1 N–H and O–H groups in total. The van der Waals surface area contributed by atoms with Crippen LogP contribution in [0.1, 0.15) is 50.3 Å². The maximum atomic E-state index is 11.8. The molecule has 0 radical (unpaired) electrons. The first-order chi connectivity index (χ1) is 11.3. The largest absolute Gasteiger partial charge is 0.350 e. The highest BCUT2D eigenvalue weighted by atomic mass is 16.2. The maximum Gasteiger partial charge on any atom is 0.223 e. The van der Waals surface area contributed by atoms with Gasteiger partial charge in [-0.1, -0.05) is 12.8 Å². The number of hydrogen-bond donors (Lipinski definition) is 1. The van der Waals surface area contributed by atoms with Gasteiger partial charge in [-0.3, -0.25) is 14.5 Å². The summed E-state index contributed by atoms with van der Waals surface area (Å²) in [6.45, 7) is 0.521. The summed E-state index contributed by atoms with van der Waals surface area (Å²) in [6, 6.07) is 6.64. The van der Waals surface area contributed by atoms with E-state index in [0.717, 1.165) is 29.8 Å². The van der Waals surface area contributed by atoms with E-state index < -0.39 is 0 Å².